The number of carbonyl (C=O) groups is 1. The Morgan fingerprint density at radius 3 is 2.44 bits per heavy atom. The van der Waals surface area contributed by atoms with Crippen molar-refractivity contribution in [2.24, 2.45) is 5.73 Å². The Hall–Kier alpha value is -1.35. The van der Waals surface area contributed by atoms with E-state index in [2.05, 4.69) is 5.32 Å². The van der Waals surface area contributed by atoms with Gasteiger partial charge < -0.3 is 11.1 Å². The summed E-state index contributed by atoms with van der Waals surface area (Å²) in [6.07, 6.45) is 3.46. The molecule has 1 saturated carbocycles. The lowest BCUT2D eigenvalue weighted by molar-refractivity contribution is 0.0917. The van der Waals surface area contributed by atoms with Gasteiger partial charge in [-0.2, -0.15) is 0 Å². The number of hydrogen-bond donors (Lipinski definition) is 2. The number of nitrogens with one attached hydrogen (secondary N) is 1. The minimum atomic E-state index is 0.0174. The lowest BCUT2D eigenvalue weighted by Crippen LogP contribution is -2.39. The molecule has 1 fully saturated rings. The first kappa shape index (κ1) is 11.1. The molecule has 0 saturated heterocycles. The van der Waals surface area contributed by atoms with Gasteiger partial charge in [0, 0.05) is 17.6 Å². The van der Waals surface area contributed by atoms with Crippen molar-refractivity contribution in [3.63, 3.8) is 0 Å². The van der Waals surface area contributed by atoms with Gasteiger partial charge in [-0.25, -0.2) is 0 Å². The summed E-state index contributed by atoms with van der Waals surface area (Å²) in [6, 6.07) is 7.92. The molecule has 86 valence electrons. The Labute approximate surface area is 96.0 Å². The molecule has 1 aliphatic carbocycles. The lowest BCUT2D eigenvalue weighted by atomic mass is 9.93. The summed E-state index contributed by atoms with van der Waals surface area (Å²) in [5, 5.41) is 3.01. The largest absolute Gasteiger partial charge is 0.349 e. The topological polar surface area (TPSA) is 55.1 Å². The van der Waals surface area contributed by atoms with E-state index in [1.165, 1.54) is 6.42 Å². The van der Waals surface area contributed by atoms with E-state index in [1.807, 2.05) is 31.2 Å². The van der Waals surface area contributed by atoms with Crippen molar-refractivity contribution in [2.75, 3.05) is 0 Å². The number of amides is 1. The molecule has 16 heavy (non-hydrogen) atoms. The van der Waals surface area contributed by atoms with Crippen LogP contribution in [-0.2, 0) is 0 Å². The Morgan fingerprint density at radius 2 is 2.00 bits per heavy atom. The van der Waals surface area contributed by atoms with Crippen molar-refractivity contribution in [3.05, 3.63) is 35.4 Å². The van der Waals surface area contributed by atoms with Crippen LogP contribution in [0.25, 0.3) is 0 Å². The van der Waals surface area contributed by atoms with Gasteiger partial charge in [0.2, 0.25) is 0 Å². The Kier molecular flexibility index (Phi) is 3.25. The van der Waals surface area contributed by atoms with Crippen LogP contribution in [-0.4, -0.2) is 11.9 Å². The summed E-state index contributed by atoms with van der Waals surface area (Å²) in [4.78, 5) is 11.8. The smallest absolute Gasteiger partial charge is 0.251 e. The number of nitrogens with two attached hydrogens (primary N) is 1. The van der Waals surface area contributed by atoms with Gasteiger partial charge in [0.15, 0.2) is 0 Å². The van der Waals surface area contributed by atoms with Crippen LogP contribution in [0.2, 0.25) is 0 Å². The molecule has 3 N–H and O–H groups in total. The molecule has 1 aliphatic rings. The fraction of sp³-hybridized carbons (Fsp3) is 0.462. The van der Waals surface area contributed by atoms with Gasteiger partial charge in [-0.1, -0.05) is 12.1 Å². The van der Waals surface area contributed by atoms with Crippen LogP contribution in [0.3, 0.4) is 0 Å². The second kappa shape index (κ2) is 4.66. The van der Waals surface area contributed by atoms with Gasteiger partial charge in [-0.3, -0.25) is 4.79 Å². The second-order valence-electron chi connectivity index (χ2n) is 4.51. The molecule has 0 aliphatic heterocycles. The van der Waals surface area contributed by atoms with Crippen LogP contribution >= 0.6 is 0 Å². The number of carbonyl (C=O) groups excluding carboxylic acids is 1. The number of hydrogen-bond acceptors (Lipinski definition) is 2. The van der Waals surface area contributed by atoms with Gasteiger partial charge >= 0.3 is 0 Å². The first-order valence-corrected chi connectivity index (χ1v) is 5.83. The zero-order valence-electron chi connectivity index (χ0n) is 9.57. The van der Waals surface area contributed by atoms with Crippen LogP contribution in [0.5, 0.6) is 0 Å². The molecular weight excluding hydrogens is 200 g/mol. The van der Waals surface area contributed by atoms with E-state index in [9.17, 15) is 4.79 Å². The highest BCUT2D eigenvalue weighted by Gasteiger charge is 2.19. The van der Waals surface area contributed by atoms with E-state index in [1.54, 1.807) is 0 Å². The lowest BCUT2D eigenvalue weighted by Gasteiger charge is -2.26. The third-order valence-corrected chi connectivity index (χ3v) is 3.14. The summed E-state index contributed by atoms with van der Waals surface area (Å²) in [5.41, 5.74) is 7.53. The summed E-state index contributed by atoms with van der Waals surface area (Å²) in [7, 11) is 0. The molecule has 3 heteroatoms. The highest BCUT2D eigenvalue weighted by atomic mass is 16.1. The monoisotopic (exact) mass is 218 g/mol. The zero-order valence-corrected chi connectivity index (χ0v) is 9.57. The van der Waals surface area contributed by atoms with Gasteiger partial charge in [0.25, 0.3) is 5.91 Å². The van der Waals surface area contributed by atoms with Crippen LogP contribution < -0.4 is 11.1 Å². The molecule has 2 rings (SSSR count). The van der Waals surface area contributed by atoms with Crippen molar-refractivity contribution in [2.45, 2.75) is 38.3 Å². The average molecular weight is 218 g/mol. The molecule has 1 atom stereocenters. The summed E-state index contributed by atoms with van der Waals surface area (Å²) in [5.74, 6) is 0.0286. The summed E-state index contributed by atoms with van der Waals surface area (Å²) >= 11 is 0. The van der Waals surface area contributed by atoms with Gasteiger partial charge in [-0.15, -0.1) is 0 Å². The minimum absolute atomic E-state index is 0.0174. The zero-order chi connectivity index (χ0) is 11.5. The number of benzene rings is 1. The van der Waals surface area contributed by atoms with Crippen molar-refractivity contribution in [1.82, 2.24) is 5.32 Å². The van der Waals surface area contributed by atoms with Crippen LogP contribution in [0.15, 0.2) is 24.3 Å². The standard InChI is InChI=1S/C13H18N2O/c1-9(14)10-5-7-11(8-6-10)13(16)15-12-3-2-4-12/h5-9,12H,2-4,14H2,1H3,(H,15,16)/t9-/m0/s1. The van der Waals surface area contributed by atoms with E-state index < -0.39 is 0 Å². The SMILES string of the molecule is C[C@H](N)c1ccc(C(=O)NC2CCC2)cc1. The highest BCUT2D eigenvalue weighted by Crippen LogP contribution is 2.19. The molecule has 0 aromatic heterocycles. The van der Waals surface area contributed by atoms with Gasteiger partial charge in [0.05, 0.1) is 0 Å². The van der Waals surface area contributed by atoms with Crippen molar-refractivity contribution >= 4 is 5.91 Å². The first-order valence-electron chi connectivity index (χ1n) is 5.83. The highest BCUT2D eigenvalue weighted by molar-refractivity contribution is 5.94. The van der Waals surface area contributed by atoms with Gasteiger partial charge in [-0.05, 0) is 43.9 Å². The molecule has 0 heterocycles. The fourth-order valence-electron chi connectivity index (χ4n) is 1.76. The Balaban J connectivity index is 2.00. The summed E-state index contributed by atoms with van der Waals surface area (Å²) in [6.45, 7) is 1.93. The van der Waals surface area contributed by atoms with Crippen molar-refractivity contribution < 1.29 is 4.79 Å². The molecule has 1 aromatic carbocycles. The molecule has 3 nitrogen and oxygen atoms in total. The first-order chi connectivity index (χ1) is 7.66. The van der Waals surface area contributed by atoms with E-state index in [-0.39, 0.29) is 11.9 Å². The molecule has 1 amide bonds. The van der Waals surface area contributed by atoms with E-state index in [0.717, 1.165) is 24.0 Å². The maximum Gasteiger partial charge on any atom is 0.251 e. The van der Waals surface area contributed by atoms with Crippen LogP contribution in [0, 0.1) is 0 Å². The predicted molar refractivity (Wildman–Crippen MR) is 64.1 cm³/mol. The average Bonchev–Trinajstić information content (AvgIpc) is 2.23. The van der Waals surface area contributed by atoms with Crippen molar-refractivity contribution in [1.29, 1.82) is 0 Å². The molecule has 0 spiro atoms. The summed E-state index contributed by atoms with van der Waals surface area (Å²) < 4.78 is 0. The second-order valence-corrected chi connectivity index (χ2v) is 4.51. The molecule has 0 radical (unpaired) electrons. The molecule has 0 unspecified atom stereocenters. The Bertz CT molecular complexity index is 366. The van der Waals surface area contributed by atoms with E-state index >= 15 is 0 Å². The Morgan fingerprint density at radius 1 is 1.38 bits per heavy atom. The molecule has 0 bridgehead atoms. The third kappa shape index (κ3) is 2.42. The fourth-order valence-corrected chi connectivity index (χ4v) is 1.76. The molecule has 1 aromatic rings. The van der Waals surface area contributed by atoms with Crippen LogP contribution in [0.1, 0.15) is 48.1 Å². The maximum absolute atomic E-state index is 11.8. The van der Waals surface area contributed by atoms with E-state index in [0.29, 0.717) is 6.04 Å². The van der Waals surface area contributed by atoms with Crippen molar-refractivity contribution in [3.8, 4) is 0 Å². The van der Waals surface area contributed by atoms with Gasteiger partial charge in [0.1, 0.15) is 0 Å². The maximum atomic E-state index is 11.8. The minimum Gasteiger partial charge on any atom is -0.349 e. The third-order valence-electron chi connectivity index (χ3n) is 3.14. The van der Waals surface area contributed by atoms with E-state index in [4.69, 9.17) is 5.73 Å². The predicted octanol–water partition coefficient (Wildman–Crippen LogP) is 1.99. The number of rotatable bonds is 3. The molecular formula is C13H18N2O. The van der Waals surface area contributed by atoms with Crippen LogP contribution in [0.4, 0.5) is 0 Å². The quantitative estimate of drug-likeness (QED) is 0.815. The normalized spacial score (nSPS) is 17.6.